The molecule has 6 nitrogen and oxygen atoms in total. The first-order valence-corrected chi connectivity index (χ1v) is 10.1. The predicted molar refractivity (Wildman–Crippen MR) is 105 cm³/mol. The van der Waals surface area contributed by atoms with E-state index in [1.54, 1.807) is 16.8 Å². The van der Waals surface area contributed by atoms with Crippen molar-refractivity contribution in [3.8, 4) is 5.82 Å². The van der Waals surface area contributed by atoms with Gasteiger partial charge in [-0.25, -0.2) is 9.67 Å². The minimum absolute atomic E-state index is 0.168. The minimum Gasteiger partial charge on any atom is -0.347 e. The molecule has 0 saturated heterocycles. The molecule has 3 N–H and O–H groups in total. The summed E-state index contributed by atoms with van der Waals surface area (Å²) in [5.74, 6) is 1.30. The normalized spacial score (nSPS) is 27.4. The first-order valence-electron chi connectivity index (χ1n) is 9.69. The summed E-state index contributed by atoms with van der Waals surface area (Å²) >= 11 is 6.31. The molecule has 2 aromatic heterocycles. The van der Waals surface area contributed by atoms with Gasteiger partial charge < -0.3 is 11.1 Å². The second-order valence-electron chi connectivity index (χ2n) is 8.02. The molecule has 4 rings (SSSR count). The third-order valence-corrected chi connectivity index (χ3v) is 6.25. The van der Waals surface area contributed by atoms with Gasteiger partial charge in [0.05, 0.1) is 10.7 Å². The number of rotatable bonds is 3. The molecule has 2 unspecified atom stereocenters. The lowest BCUT2D eigenvalue weighted by molar-refractivity contribution is 0.0751. The second kappa shape index (κ2) is 7.24. The fourth-order valence-corrected chi connectivity index (χ4v) is 5.01. The van der Waals surface area contributed by atoms with Crippen LogP contribution in [0.4, 0.5) is 0 Å². The van der Waals surface area contributed by atoms with Crippen LogP contribution in [0.1, 0.15) is 54.0 Å². The van der Waals surface area contributed by atoms with Crippen LogP contribution in [0.2, 0.25) is 5.02 Å². The number of hydrogen-bond acceptors (Lipinski definition) is 4. The maximum atomic E-state index is 13.0. The molecule has 2 bridgehead atoms. The molecule has 2 aromatic rings. The number of aromatic nitrogens is 3. The minimum atomic E-state index is -0.208. The number of hydrogen-bond donors (Lipinski definition) is 2. The summed E-state index contributed by atoms with van der Waals surface area (Å²) in [6.07, 6.45) is 5.44. The van der Waals surface area contributed by atoms with Crippen molar-refractivity contribution in [2.45, 2.75) is 58.0 Å². The van der Waals surface area contributed by atoms with E-state index in [4.69, 9.17) is 17.3 Å². The van der Waals surface area contributed by atoms with Gasteiger partial charge in [-0.05, 0) is 69.6 Å². The fourth-order valence-electron chi connectivity index (χ4n) is 4.81. The summed E-state index contributed by atoms with van der Waals surface area (Å²) in [4.78, 5) is 17.5. The van der Waals surface area contributed by atoms with Crippen LogP contribution in [0, 0.1) is 25.7 Å². The lowest BCUT2D eigenvalue weighted by atomic mass is 9.67. The smallest absolute Gasteiger partial charge is 0.271 e. The van der Waals surface area contributed by atoms with E-state index in [1.807, 2.05) is 19.9 Å². The van der Waals surface area contributed by atoms with Crippen molar-refractivity contribution < 1.29 is 4.79 Å². The van der Waals surface area contributed by atoms with Crippen molar-refractivity contribution >= 4 is 17.5 Å². The van der Waals surface area contributed by atoms with Gasteiger partial charge in [-0.2, -0.15) is 5.10 Å². The average Bonchev–Trinajstić information content (AvgIpc) is 2.94. The van der Waals surface area contributed by atoms with E-state index < -0.39 is 0 Å². The highest BCUT2D eigenvalue weighted by atomic mass is 35.5. The molecule has 144 valence electrons. The summed E-state index contributed by atoms with van der Waals surface area (Å²) in [6, 6.07) is 5.90. The lowest BCUT2D eigenvalue weighted by Gasteiger charge is -2.45. The Morgan fingerprint density at radius 2 is 1.96 bits per heavy atom. The highest BCUT2D eigenvalue weighted by Gasteiger charge is 2.40. The quantitative estimate of drug-likeness (QED) is 0.846. The predicted octanol–water partition coefficient (Wildman–Crippen LogP) is 3.17. The van der Waals surface area contributed by atoms with E-state index in [9.17, 15) is 4.79 Å². The Labute approximate surface area is 164 Å². The number of halogens is 1. The van der Waals surface area contributed by atoms with Gasteiger partial charge in [-0.15, -0.1) is 0 Å². The maximum absolute atomic E-state index is 13.0. The van der Waals surface area contributed by atoms with Crippen molar-refractivity contribution in [3.63, 3.8) is 0 Å². The van der Waals surface area contributed by atoms with Gasteiger partial charge in [0.2, 0.25) is 0 Å². The van der Waals surface area contributed by atoms with Crippen molar-refractivity contribution in [2.24, 2.45) is 17.6 Å². The van der Waals surface area contributed by atoms with E-state index >= 15 is 0 Å². The first kappa shape index (κ1) is 18.4. The number of pyridine rings is 1. The molecule has 7 heteroatoms. The molecule has 2 atom stereocenters. The van der Waals surface area contributed by atoms with Crippen molar-refractivity contribution in [1.82, 2.24) is 20.1 Å². The second-order valence-corrected chi connectivity index (χ2v) is 8.43. The SMILES string of the molecule is Cc1cc(C)n(-c2ccc(Cl)c(C(=O)NC3C4CCCC3CC(N)C4)n2)n1. The monoisotopic (exact) mass is 387 g/mol. The fraction of sp³-hybridized carbons (Fsp3) is 0.550. The topological polar surface area (TPSA) is 85.8 Å². The molecule has 0 radical (unpaired) electrons. The van der Waals surface area contributed by atoms with Gasteiger partial charge in [0, 0.05) is 17.8 Å². The maximum Gasteiger partial charge on any atom is 0.271 e. The summed E-state index contributed by atoms with van der Waals surface area (Å²) in [5, 5.41) is 8.03. The van der Waals surface area contributed by atoms with Gasteiger partial charge in [0.15, 0.2) is 5.82 Å². The Kier molecular flexibility index (Phi) is 4.95. The van der Waals surface area contributed by atoms with Gasteiger partial charge in [-0.1, -0.05) is 18.0 Å². The summed E-state index contributed by atoms with van der Waals surface area (Å²) in [6.45, 7) is 3.89. The van der Waals surface area contributed by atoms with Crippen LogP contribution in [-0.4, -0.2) is 32.8 Å². The van der Waals surface area contributed by atoms with Gasteiger partial charge in [0.25, 0.3) is 5.91 Å². The first-order chi connectivity index (χ1) is 12.9. The van der Waals surface area contributed by atoms with E-state index in [2.05, 4.69) is 15.4 Å². The number of nitrogens with zero attached hydrogens (tertiary/aromatic N) is 3. The molecule has 0 aromatic carbocycles. The third-order valence-electron chi connectivity index (χ3n) is 5.95. The van der Waals surface area contributed by atoms with E-state index in [1.165, 1.54) is 6.42 Å². The molecule has 27 heavy (non-hydrogen) atoms. The Hall–Kier alpha value is -1.92. The number of amides is 1. The molecular formula is C20H26ClN5O. The Bertz CT molecular complexity index is 850. The van der Waals surface area contributed by atoms with Crippen LogP contribution in [0.3, 0.4) is 0 Å². The van der Waals surface area contributed by atoms with E-state index in [0.717, 1.165) is 37.1 Å². The van der Waals surface area contributed by atoms with E-state index in [-0.39, 0.29) is 23.7 Å². The van der Waals surface area contributed by atoms with Crippen LogP contribution < -0.4 is 11.1 Å². The highest BCUT2D eigenvalue weighted by molar-refractivity contribution is 6.33. The van der Waals surface area contributed by atoms with Crippen LogP contribution in [0.5, 0.6) is 0 Å². The molecule has 2 aliphatic rings. The van der Waals surface area contributed by atoms with Crippen LogP contribution in [-0.2, 0) is 0 Å². The third kappa shape index (κ3) is 3.60. The van der Waals surface area contributed by atoms with Crippen LogP contribution in [0.15, 0.2) is 18.2 Å². The van der Waals surface area contributed by atoms with Crippen molar-refractivity contribution in [2.75, 3.05) is 0 Å². The van der Waals surface area contributed by atoms with Gasteiger partial charge in [0.1, 0.15) is 5.69 Å². The number of fused-ring (bicyclic) bond motifs is 2. The molecular weight excluding hydrogens is 362 g/mol. The number of carbonyl (C=O) groups excluding carboxylic acids is 1. The Morgan fingerprint density at radius 3 is 2.59 bits per heavy atom. The Morgan fingerprint density at radius 1 is 1.26 bits per heavy atom. The van der Waals surface area contributed by atoms with Crippen LogP contribution >= 0.6 is 11.6 Å². The zero-order chi connectivity index (χ0) is 19.1. The molecule has 2 saturated carbocycles. The number of carbonyl (C=O) groups is 1. The average molecular weight is 388 g/mol. The molecule has 2 fully saturated rings. The molecule has 1 amide bonds. The largest absolute Gasteiger partial charge is 0.347 e. The van der Waals surface area contributed by atoms with Gasteiger partial charge >= 0.3 is 0 Å². The number of aryl methyl sites for hydroxylation is 2. The van der Waals surface area contributed by atoms with Crippen molar-refractivity contribution in [3.05, 3.63) is 40.3 Å². The molecule has 2 heterocycles. The van der Waals surface area contributed by atoms with Crippen LogP contribution in [0.25, 0.3) is 5.82 Å². The lowest BCUT2D eigenvalue weighted by Crippen LogP contribution is -2.53. The highest BCUT2D eigenvalue weighted by Crippen LogP contribution is 2.39. The standard InChI is InChI=1S/C20H26ClN5O/c1-11-8-12(2)26(25-11)17-7-6-16(21)19(23-17)20(27)24-18-13-4-3-5-14(18)10-15(22)9-13/h6-8,13-15,18H,3-5,9-10,22H2,1-2H3,(H,24,27). The summed E-state index contributed by atoms with van der Waals surface area (Å²) in [5.41, 5.74) is 8.32. The van der Waals surface area contributed by atoms with Crippen molar-refractivity contribution in [1.29, 1.82) is 0 Å². The van der Waals surface area contributed by atoms with Gasteiger partial charge in [-0.3, -0.25) is 4.79 Å². The summed E-state index contributed by atoms with van der Waals surface area (Å²) < 4.78 is 1.73. The number of nitrogens with one attached hydrogen (secondary N) is 1. The van der Waals surface area contributed by atoms with E-state index in [0.29, 0.717) is 22.7 Å². The number of nitrogens with two attached hydrogens (primary N) is 1. The molecule has 0 spiro atoms. The zero-order valence-electron chi connectivity index (χ0n) is 15.8. The molecule has 2 aliphatic carbocycles. The summed E-state index contributed by atoms with van der Waals surface area (Å²) in [7, 11) is 0. The Balaban J connectivity index is 1.58. The zero-order valence-corrected chi connectivity index (χ0v) is 16.5. The molecule has 0 aliphatic heterocycles.